The van der Waals surface area contributed by atoms with Crippen LogP contribution in [0.1, 0.15) is 35.6 Å². The Kier molecular flexibility index (Phi) is 3.95. The van der Waals surface area contributed by atoms with Gasteiger partial charge in [-0.05, 0) is 48.6 Å². The molecule has 104 valence electrons. The van der Waals surface area contributed by atoms with Crippen LogP contribution in [0.15, 0.2) is 42.5 Å². The molecule has 2 aromatic carbocycles. The highest BCUT2D eigenvalue weighted by molar-refractivity contribution is 6.30. The third kappa shape index (κ3) is 2.82. The monoisotopic (exact) mass is 287 g/mol. The van der Waals surface area contributed by atoms with E-state index < -0.39 is 0 Å². The standard InChI is InChI=1S/C17H18ClNO/c18-14-8-9-16(19)13(10-14)11-20-17-7-3-5-12-4-1-2-6-15(12)17/h1-2,4,6,8-10,17H,3,5,7,11,19H2. The molecule has 0 saturated heterocycles. The van der Waals surface area contributed by atoms with Gasteiger partial charge in [0.25, 0.3) is 0 Å². The summed E-state index contributed by atoms with van der Waals surface area (Å²) in [6, 6.07) is 14.0. The van der Waals surface area contributed by atoms with Crippen molar-refractivity contribution in [2.45, 2.75) is 32.0 Å². The number of halogens is 1. The first kappa shape index (κ1) is 13.5. The van der Waals surface area contributed by atoms with Gasteiger partial charge >= 0.3 is 0 Å². The molecule has 0 amide bonds. The maximum absolute atomic E-state index is 6.09. The molecule has 0 radical (unpaired) electrons. The zero-order valence-electron chi connectivity index (χ0n) is 11.3. The van der Waals surface area contributed by atoms with Crippen LogP contribution in [0.3, 0.4) is 0 Å². The van der Waals surface area contributed by atoms with Crippen molar-refractivity contribution in [3.8, 4) is 0 Å². The second-order valence-corrected chi connectivity index (χ2v) is 5.67. The minimum atomic E-state index is 0.165. The number of nitrogen functional groups attached to an aromatic ring is 1. The molecule has 0 fully saturated rings. The fourth-order valence-electron chi connectivity index (χ4n) is 2.77. The maximum atomic E-state index is 6.09. The van der Waals surface area contributed by atoms with Crippen molar-refractivity contribution in [3.63, 3.8) is 0 Å². The number of fused-ring (bicyclic) bond motifs is 1. The summed E-state index contributed by atoms with van der Waals surface area (Å²) in [6.07, 6.45) is 3.55. The van der Waals surface area contributed by atoms with Crippen molar-refractivity contribution in [1.29, 1.82) is 0 Å². The van der Waals surface area contributed by atoms with Crippen LogP contribution in [-0.4, -0.2) is 0 Å². The first-order valence-electron chi connectivity index (χ1n) is 6.97. The van der Waals surface area contributed by atoms with Crippen molar-refractivity contribution in [1.82, 2.24) is 0 Å². The van der Waals surface area contributed by atoms with Gasteiger partial charge in [-0.25, -0.2) is 0 Å². The van der Waals surface area contributed by atoms with Crippen LogP contribution in [0, 0.1) is 0 Å². The summed E-state index contributed by atoms with van der Waals surface area (Å²) in [7, 11) is 0. The second kappa shape index (κ2) is 5.86. The topological polar surface area (TPSA) is 35.2 Å². The smallest absolute Gasteiger partial charge is 0.0832 e. The van der Waals surface area contributed by atoms with Gasteiger partial charge in [0.15, 0.2) is 0 Å². The number of hydrogen-bond acceptors (Lipinski definition) is 2. The van der Waals surface area contributed by atoms with Gasteiger partial charge in [0.1, 0.15) is 0 Å². The molecule has 2 aromatic rings. The number of nitrogens with two attached hydrogens (primary N) is 1. The first-order chi connectivity index (χ1) is 9.74. The molecular weight excluding hydrogens is 270 g/mol. The molecule has 20 heavy (non-hydrogen) atoms. The van der Waals surface area contributed by atoms with Crippen LogP contribution >= 0.6 is 11.6 Å². The van der Waals surface area contributed by atoms with Crippen LogP contribution in [-0.2, 0) is 17.8 Å². The van der Waals surface area contributed by atoms with E-state index in [4.69, 9.17) is 22.1 Å². The molecule has 1 aliphatic carbocycles. The van der Waals surface area contributed by atoms with Crippen LogP contribution in [0.2, 0.25) is 5.02 Å². The van der Waals surface area contributed by atoms with Gasteiger partial charge in [-0.15, -0.1) is 0 Å². The van der Waals surface area contributed by atoms with Gasteiger partial charge in [0.2, 0.25) is 0 Å². The SMILES string of the molecule is Nc1ccc(Cl)cc1COC1CCCc2ccccc21. The summed E-state index contributed by atoms with van der Waals surface area (Å²) in [5.74, 6) is 0. The highest BCUT2D eigenvalue weighted by Gasteiger charge is 2.20. The maximum Gasteiger partial charge on any atom is 0.0832 e. The Labute approximate surface area is 124 Å². The summed E-state index contributed by atoms with van der Waals surface area (Å²) in [6.45, 7) is 0.505. The lowest BCUT2D eigenvalue weighted by molar-refractivity contribution is 0.0286. The molecular formula is C17H18ClNO. The normalized spacial score (nSPS) is 17.8. The number of anilines is 1. The number of aryl methyl sites for hydroxylation is 1. The summed E-state index contributed by atoms with van der Waals surface area (Å²) in [5.41, 5.74) is 10.4. The zero-order valence-corrected chi connectivity index (χ0v) is 12.1. The Balaban J connectivity index is 1.75. The average Bonchev–Trinajstić information content (AvgIpc) is 2.48. The summed E-state index contributed by atoms with van der Waals surface area (Å²) in [4.78, 5) is 0. The number of hydrogen-bond donors (Lipinski definition) is 1. The van der Waals surface area contributed by atoms with Gasteiger partial charge in [0.05, 0.1) is 12.7 Å². The number of rotatable bonds is 3. The Hall–Kier alpha value is -1.51. The lowest BCUT2D eigenvalue weighted by atomic mass is 9.89. The van der Waals surface area contributed by atoms with Gasteiger partial charge in [-0.2, -0.15) is 0 Å². The van der Waals surface area contributed by atoms with Crippen LogP contribution in [0.25, 0.3) is 0 Å². The molecule has 0 saturated carbocycles. The van der Waals surface area contributed by atoms with Gasteiger partial charge in [-0.3, -0.25) is 0 Å². The highest BCUT2D eigenvalue weighted by Crippen LogP contribution is 2.33. The van der Waals surface area contributed by atoms with Crippen molar-refractivity contribution in [2.24, 2.45) is 0 Å². The fraction of sp³-hybridized carbons (Fsp3) is 0.294. The second-order valence-electron chi connectivity index (χ2n) is 5.23. The molecule has 0 spiro atoms. The quantitative estimate of drug-likeness (QED) is 0.843. The molecule has 2 nitrogen and oxygen atoms in total. The molecule has 0 bridgehead atoms. The summed E-state index contributed by atoms with van der Waals surface area (Å²) >= 11 is 6.01. The Bertz CT molecular complexity index is 612. The molecule has 1 aliphatic rings. The lowest BCUT2D eigenvalue weighted by Gasteiger charge is -2.26. The van der Waals surface area contributed by atoms with E-state index in [2.05, 4.69) is 24.3 Å². The van der Waals surface area contributed by atoms with Gasteiger partial charge in [-0.1, -0.05) is 35.9 Å². The highest BCUT2D eigenvalue weighted by atomic mass is 35.5. The molecule has 1 unspecified atom stereocenters. The van der Waals surface area contributed by atoms with Gasteiger partial charge < -0.3 is 10.5 Å². The predicted molar refractivity (Wildman–Crippen MR) is 82.8 cm³/mol. The van der Waals surface area contributed by atoms with E-state index in [0.717, 1.165) is 24.1 Å². The zero-order chi connectivity index (χ0) is 13.9. The van der Waals surface area contributed by atoms with Crippen LogP contribution < -0.4 is 5.73 Å². The molecule has 3 heteroatoms. The Morgan fingerprint density at radius 2 is 2.05 bits per heavy atom. The minimum Gasteiger partial charge on any atom is -0.398 e. The van der Waals surface area contributed by atoms with Crippen molar-refractivity contribution in [3.05, 3.63) is 64.2 Å². The predicted octanol–water partition coefficient (Wildman–Crippen LogP) is 4.52. The van der Waals surface area contributed by atoms with E-state index in [1.54, 1.807) is 6.07 Å². The average molecular weight is 288 g/mol. The number of benzene rings is 2. The summed E-state index contributed by atoms with van der Waals surface area (Å²) in [5, 5.41) is 0.696. The van der Waals surface area contributed by atoms with E-state index >= 15 is 0 Å². The molecule has 0 aliphatic heterocycles. The van der Waals surface area contributed by atoms with E-state index in [0.29, 0.717) is 11.6 Å². The third-order valence-corrected chi connectivity index (χ3v) is 4.09. The van der Waals surface area contributed by atoms with Crippen molar-refractivity contribution in [2.75, 3.05) is 5.73 Å². The first-order valence-corrected chi connectivity index (χ1v) is 7.35. The van der Waals surface area contributed by atoms with E-state index in [1.165, 1.54) is 17.5 Å². The van der Waals surface area contributed by atoms with E-state index in [9.17, 15) is 0 Å². The van der Waals surface area contributed by atoms with E-state index in [-0.39, 0.29) is 6.10 Å². The molecule has 2 N–H and O–H groups in total. The minimum absolute atomic E-state index is 0.165. The van der Waals surface area contributed by atoms with Crippen molar-refractivity contribution >= 4 is 17.3 Å². The molecule has 0 heterocycles. The van der Waals surface area contributed by atoms with Gasteiger partial charge in [0, 0.05) is 16.3 Å². The largest absolute Gasteiger partial charge is 0.398 e. The molecule has 3 rings (SSSR count). The Morgan fingerprint density at radius 1 is 1.20 bits per heavy atom. The lowest BCUT2D eigenvalue weighted by Crippen LogP contribution is -2.13. The van der Waals surface area contributed by atoms with Crippen molar-refractivity contribution < 1.29 is 4.74 Å². The fourth-order valence-corrected chi connectivity index (χ4v) is 2.97. The summed E-state index contributed by atoms with van der Waals surface area (Å²) < 4.78 is 6.09. The van der Waals surface area contributed by atoms with Crippen LogP contribution in [0.4, 0.5) is 5.69 Å². The molecule has 0 aromatic heterocycles. The number of ether oxygens (including phenoxy) is 1. The van der Waals surface area contributed by atoms with Crippen LogP contribution in [0.5, 0.6) is 0 Å². The van der Waals surface area contributed by atoms with E-state index in [1.807, 2.05) is 12.1 Å². The third-order valence-electron chi connectivity index (χ3n) is 3.86. The molecule has 1 atom stereocenters. The Morgan fingerprint density at radius 3 is 2.95 bits per heavy atom.